The summed E-state index contributed by atoms with van der Waals surface area (Å²) < 4.78 is 51.0. The van der Waals surface area contributed by atoms with E-state index in [-0.39, 0.29) is 18.2 Å². The highest BCUT2D eigenvalue weighted by Gasteiger charge is 2.31. The van der Waals surface area contributed by atoms with Gasteiger partial charge in [0.25, 0.3) is 0 Å². The summed E-state index contributed by atoms with van der Waals surface area (Å²) in [6, 6.07) is 10.4. The Bertz CT molecular complexity index is 1130. The first-order chi connectivity index (χ1) is 16.0. The van der Waals surface area contributed by atoms with Crippen molar-refractivity contribution in [3.05, 3.63) is 76.2 Å². The summed E-state index contributed by atoms with van der Waals surface area (Å²) in [6.07, 6.45) is -4.51. The number of ether oxygens (including phenoxy) is 1. The normalized spacial score (nSPS) is 12.8. The number of benzene rings is 2. The van der Waals surface area contributed by atoms with Gasteiger partial charge in [-0.25, -0.2) is 4.98 Å². The number of carbonyl (C=O) groups is 1. The first-order valence-corrected chi connectivity index (χ1v) is 11.1. The van der Waals surface area contributed by atoms with Crippen LogP contribution < -0.4 is 0 Å². The lowest BCUT2D eigenvalue weighted by molar-refractivity contribution is -0.138. The van der Waals surface area contributed by atoms with Crippen LogP contribution in [0.25, 0.3) is 11.5 Å². The predicted molar refractivity (Wildman–Crippen MR) is 122 cm³/mol. The predicted octanol–water partition coefficient (Wildman–Crippen LogP) is 6.94. The molecule has 0 fully saturated rings. The number of aryl methyl sites for hydroxylation is 2. The van der Waals surface area contributed by atoms with Crippen molar-refractivity contribution in [2.45, 2.75) is 58.7 Å². The first kappa shape index (κ1) is 25.5. The van der Waals surface area contributed by atoms with E-state index in [0.717, 1.165) is 28.8 Å². The molecule has 3 aromatic rings. The Balaban J connectivity index is 2.00. The molecule has 0 saturated carbocycles. The van der Waals surface area contributed by atoms with Crippen LogP contribution in [0.4, 0.5) is 13.2 Å². The molecule has 8 heteroatoms. The molecule has 0 amide bonds. The summed E-state index contributed by atoms with van der Waals surface area (Å²) in [5.74, 6) is -0.132. The molecule has 1 aromatic heterocycles. The second-order valence-electron chi connectivity index (χ2n) is 8.41. The smallest absolute Gasteiger partial charge is 0.416 e. The van der Waals surface area contributed by atoms with Crippen LogP contribution in [0.1, 0.15) is 72.9 Å². The summed E-state index contributed by atoms with van der Waals surface area (Å²) in [7, 11) is 0. The third-order valence-corrected chi connectivity index (χ3v) is 5.54. The van der Waals surface area contributed by atoms with Crippen molar-refractivity contribution in [2.75, 3.05) is 6.61 Å². The number of aromatic nitrogens is 1. The highest BCUT2D eigenvalue weighted by atomic mass is 19.4. The molecule has 2 aromatic carbocycles. The molecule has 0 aliphatic heterocycles. The summed E-state index contributed by atoms with van der Waals surface area (Å²) in [5.41, 5.74) is 3.08. The second kappa shape index (κ2) is 10.4. The average Bonchev–Trinajstić information content (AvgIpc) is 3.21. The Morgan fingerprint density at radius 2 is 1.82 bits per heavy atom. The summed E-state index contributed by atoms with van der Waals surface area (Å²) in [4.78, 5) is 15.5. The van der Waals surface area contributed by atoms with E-state index >= 15 is 0 Å². The lowest BCUT2D eigenvalue weighted by atomic mass is 9.96. The monoisotopic (exact) mass is 475 g/mol. The minimum Gasteiger partial charge on any atom is -0.481 e. The maximum Gasteiger partial charge on any atom is 0.416 e. The van der Waals surface area contributed by atoms with E-state index in [1.165, 1.54) is 12.1 Å². The SMILES string of the molecule is CCOC(c1ccc(CCC(=O)O)c(C)c1)c1oc(-c2ccc(C(F)(F)F)cc2)nc1C(C)C. The highest BCUT2D eigenvalue weighted by Crippen LogP contribution is 2.37. The van der Waals surface area contributed by atoms with Crippen LogP contribution in [0.3, 0.4) is 0 Å². The van der Waals surface area contributed by atoms with Crippen molar-refractivity contribution < 1.29 is 32.2 Å². The largest absolute Gasteiger partial charge is 0.481 e. The van der Waals surface area contributed by atoms with E-state index in [1.807, 2.05) is 45.9 Å². The number of hydrogen-bond acceptors (Lipinski definition) is 4. The molecule has 0 aliphatic rings. The Hall–Kier alpha value is -3.13. The molecule has 182 valence electrons. The van der Waals surface area contributed by atoms with Crippen molar-refractivity contribution in [1.82, 2.24) is 4.98 Å². The number of oxazole rings is 1. The van der Waals surface area contributed by atoms with Crippen molar-refractivity contribution in [3.8, 4) is 11.5 Å². The van der Waals surface area contributed by atoms with Crippen LogP contribution in [0.2, 0.25) is 0 Å². The van der Waals surface area contributed by atoms with Gasteiger partial charge in [-0.15, -0.1) is 0 Å². The van der Waals surface area contributed by atoms with Gasteiger partial charge in [-0.1, -0.05) is 32.0 Å². The molecule has 1 N–H and O–H groups in total. The van der Waals surface area contributed by atoms with Crippen LogP contribution in [0, 0.1) is 6.92 Å². The van der Waals surface area contributed by atoms with Crippen LogP contribution in [0.15, 0.2) is 46.9 Å². The van der Waals surface area contributed by atoms with Gasteiger partial charge in [0.1, 0.15) is 6.10 Å². The number of hydrogen-bond donors (Lipinski definition) is 1. The van der Waals surface area contributed by atoms with Gasteiger partial charge in [-0.3, -0.25) is 4.79 Å². The third-order valence-electron chi connectivity index (χ3n) is 5.54. The van der Waals surface area contributed by atoms with Gasteiger partial charge in [0.2, 0.25) is 5.89 Å². The molecule has 0 radical (unpaired) electrons. The van der Waals surface area contributed by atoms with E-state index in [1.54, 1.807) is 0 Å². The van der Waals surface area contributed by atoms with E-state index in [2.05, 4.69) is 4.98 Å². The van der Waals surface area contributed by atoms with Gasteiger partial charge in [-0.05, 0) is 67.1 Å². The molecule has 1 unspecified atom stereocenters. The molecular formula is C26H28F3NO4. The maximum atomic E-state index is 12.9. The molecule has 3 rings (SSSR count). The number of nitrogens with zero attached hydrogens (tertiary/aromatic N) is 1. The molecule has 0 bridgehead atoms. The third kappa shape index (κ3) is 5.86. The van der Waals surface area contributed by atoms with E-state index < -0.39 is 23.8 Å². The van der Waals surface area contributed by atoms with Crippen molar-refractivity contribution in [2.24, 2.45) is 0 Å². The van der Waals surface area contributed by atoms with Gasteiger partial charge < -0.3 is 14.3 Å². The molecule has 5 nitrogen and oxygen atoms in total. The zero-order valence-electron chi connectivity index (χ0n) is 19.6. The molecule has 0 aliphatic carbocycles. The van der Waals surface area contributed by atoms with Gasteiger partial charge in [0.15, 0.2) is 5.76 Å². The number of halogens is 3. The fourth-order valence-electron chi connectivity index (χ4n) is 3.76. The van der Waals surface area contributed by atoms with Gasteiger partial charge in [0.05, 0.1) is 11.3 Å². The number of carboxylic acid groups (broad SMARTS) is 1. The lowest BCUT2D eigenvalue weighted by Gasteiger charge is -2.19. The Labute approximate surface area is 196 Å². The van der Waals surface area contributed by atoms with Crippen LogP contribution in [0.5, 0.6) is 0 Å². The summed E-state index contributed by atoms with van der Waals surface area (Å²) >= 11 is 0. The maximum absolute atomic E-state index is 12.9. The molecule has 1 heterocycles. The zero-order chi connectivity index (χ0) is 25.0. The molecular weight excluding hydrogens is 447 g/mol. The Morgan fingerprint density at radius 3 is 2.35 bits per heavy atom. The van der Waals surface area contributed by atoms with Crippen molar-refractivity contribution in [3.63, 3.8) is 0 Å². The number of carboxylic acids is 1. The van der Waals surface area contributed by atoms with E-state index in [4.69, 9.17) is 14.3 Å². The molecule has 0 spiro atoms. The van der Waals surface area contributed by atoms with Crippen LogP contribution in [-0.2, 0) is 22.1 Å². The first-order valence-electron chi connectivity index (χ1n) is 11.1. The Morgan fingerprint density at radius 1 is 1.15 bits per heavy atom. The highest BCUT2D eigenvalue weighted by molar-refractivity contribution is 5.67. The number of aliphatic carboxylic acids is 1. The summed E-state index contributed by atoms with van der Waals surface area (Å²) in [5, 5.41) is 8.97. The Kier molecular flexibility index (Phi) is 7.82. The van der Waals surface area contributed by atoms with Crippen LogP contribution >= 0.6 is 0 Å². The number of alkyl halides is 3. The second-order valence-corrected chi connectivity index (χ2v) is 8.41. The lowest BCUT2D eigenvalue weighted by Crippen LogP contribution is -2.09. The molecule has 34 heavy (non-hydrogen) atoms. The van der Waals surface area contributed by atoms with Crippen molar-refractivity contribution >= 4 is 5.97 Å². The average molecular weight is 476 g/mol. The van der Waals surface area contributed by atoms with Gasteiger partial charge in [0, 0.05) is 18.6 Å². The quantitative estimate of drug-likeness (QED) is 0.363. The van der Waals surface area contributed by atoms with Crippen LogP contribution in [-0.4, -0.2) is 22.7 Å². The van der Waals surface area contributed by atoms with Gasteiger partial charge >= 0.3 is 12.1 Å². The minimum absolute atomic E-state index is 0.0131. The number of rotatable bonds is 9. The molecule has 0 saturated heterocycles. The van der Waals surface area contributed by atoms with E-state index in [9.17, 15) is 18.0 Å². The topological polar surface area (TPSA) is 72.6 Å². The van der Waals surface area contributed by atoms with Gasteiger partial charge in [-0.2, -0.15) is 13.2 Å². The zero-order valence-corrected chi connectivity index (χ0v) is 19.6. The van der Waals surface area contributed by atoms with Crippen molar-refractivity contribution in [1.29, 1.82) is 0 Å². The fourth-order valence-corrected chi connectivity index (χ4v) is 3.76. The molecule has 1 atom stereocenters. The van der Waals surface area contributed by atoms with E-state index in [0.29, 0.717) is 30.0 Å². The summed E-state index contributed by atoms with van der Waals surface area (Å²) in [6.45, 7) is 8.10. The minimum atomic E-state index is -4.42. The standard InChI is InChI=1S/C26H28F3NO4/c1-5-33-23(19-7-6-17(16(4)14-19)10-13-21(31)32)24-22(15(2)3)30-25(34-24)18-8-11-20(12-9-18)26(27,28)29/h6-9,11-12,14-15,23H,5,10,13H2,1-4H3,(H,31,32). The fraction of sp³-hybridized carbons (Fsp3) is 0.385.